The lowest BCUT2D eigenvalue weighted by atomic mass is 10.0. The van der Waals surface area contributed by atoms with Crippen molar-refractivity contribution in [2.75, 3.05) is 11.4 Å². The van der Waals surface area contributed by atoms with E-state index in [1.807, 2.05) is 23.1 Å². The quantitative estimate of drug-likeness (QED) is 0.206. The molecule has 0 N–H and O–H groups in total. The molecule has 0 amide bonds. The summed E-state index contributed by atoms with van der Waals surface area (Å²) in [5.41, 5.74) is 6.56. The Morgan fingerprint density at radius 2 is 1.68 bits per heavy atom. The highest BCUT2D eigenvalue weighted by Gasteiger charge is 2.25. The van der Waals surface area contributed by atoms with Crippen molar-refractivity contribution in [2.45, 2.75) is 38.6 Å². The van der Waals surface area contributed by atoms with Gasteiger partial charge in [-0.25, -0.2) is 0 Å². The second-order valence-corrected chi connectivity index (χ2v) is 11.4. The molecule has 0 bridgehead atoms. The minimum atomic E-state index is 0.949. The zero-order valence-corrected chi connectivity index (χ0v) is 23.2. The molecular formula is C33H31N2S2+. The predicted molar refractivity (Wildman–Crippen MR) is 162 cm³/mol. The van der Waals surface area contributed by atoms with Crippen molar-refractivity contribution >= 4 is 55.9 Å². The molecular weight excluding hydrogens is 489 g/mol. The lowest BCUT2D eigenvalue weighted by Crippen LogP contribution is -2.33. The fourth-order valence-electron chi connectivity index (χ4n) is 5.20. The molecule has 2 nitrogen and oxygen atoms in total. The largest absolute Gasteiger partial charge is 0.335 e. The van der Waals surface area contributed by atoms with E-state index in [2.05, 4.69) is 127 Å². The van der Waals surface area contributed by atoms with Crippen LogP contribution in [0.25, 0.3) is 38.2 Å². The molecule has 0 saturated heterocycles. The molecule has 1 aromatic heterocycles. The first-order valence-electron chi connectivity index (χ1n) is 13.1. The number of thioether (sulfide) groups is 1. The maximum absolute atomic E-state index is 2.48. The van der Waals surface area contributed by atoms with Crippen molar-refractivity contribution in [3.63, 3.8) is 0 Å². The van der Waals surface area contributed by atoms with Crippen LogP contribution in [0.15, 0.2) is 107 Å². The number of rotatable bonds is 6. The molecule has 6 rings (SSSR count). The monoisotopic (exact) mass is 519 g/mol. The number of nitrogens with zero attached hydrogens (tertiary/aromatic N) is 2. The Kier molecular flexibility index (Phi) is 6.62. The van der Waals surface area contributed by atoms with Gasteiger partial charge < -0.3 is 4.90 Å². The molecule has 1 aliphatic rings. The highest BCUT2D eigenvalue weighted by molar-refractivity contribution is 8.03. The van der Waals surface area contributed by atoms with Crippen LogP contribution in [-0.2, 0) is 6.54 Å². The summed E-state index contributed by atoms with van der Waals surface area (Å²) < 4.78 is 3.83. The van der Waals surface area contributed by atoms with Gasteiger partial charge in [0.25, 0.3) is 5.01 Å². The number of thiazole rings is 1. The number of aromatic nitrogens is 1. The Morgan fingerprint density at radius 3 is 2.46 bits per heavy atom. The highest BCUT2D eigenvalue weighted by Crippen LogP contribution is 2.47. The van der Waals surface area contributed by atoms with Crippen molar-refractivity contribution in [1.82, 2.24) is 0 Å². The fraction of sp³-hybridized carbons (Fsp3) is 0.182. The van der Waals surface area contributed by atoms with E-state index < -0.39 is 0 Å². The predicted octanol–water partition coefficient (Wildman–Crippen LogP) is 9.30. The van der Waals surface area contributed by atoms with Crippen molar-refractivity contribution in [3.8, 4) is 11.1 Å². The van der Waals surface area contributed by atoms with Gasteiger partial charge in [-0.3, -0.25) is 0 Å². The molecule has 0 radical (unpaired) electrons. The van der Waals surface area contributed by atoms with Crippen LogP contribution in [0.3, 0.4) is 0 Å². The van der Waals surface area contributed by atoms with Gasteiger partial charge in [0.05, 0.1) is 16.1 Å². The van der Waals surface area contributed by atoms with Gasteiger partial charge in [0.2, 0.25) is 5.52 Å². The fourth-order valence-corrected chi connectivity index (χ4v) is 7.61. The van der Waals surface area contributed by atoms with Crippen LogP contribution in [0.4, 0.5) is 5.69 Å². The van der Waals surface area contributed by atoms with E-state index >= 15 is 0 Å². The lowest BCUT2D eigenvalue weighted by molar-refractivity contribution is -0.664. The Hall–Kier alpha value is -3.34. The average molecular weight is 520 g/mol. The molecule has 184 valence electrons. The van der Waals surface area contributed by atoms with E-state index in [4.69, 9.17) is 0 Å². The van der Waals surface area contributed by atoms with E-state index in [1.165, 1.54) is 58.3 Å². The summed E-state index contributed by atoms with van der Waals surface area (Å²) in [4.78, 5) is 3.79. The molecule has 0 aliphatic carbocycles. The summed E-state index contributed by atoms with van der Waals surface area (Å²) in [5.74, 6) is 0. The molecule has 0 atom stereocenters. The van der Waals surface area contributed by atoms with E-state index in [9.17, 15) is 0 Å². The molecule has 5 aromatic rings. The SMILES string of the molecule is CCC(=C/c1sc2ccc3ccccc3c2[n+]1CC)/C=C1\Sc2ccc(-c3ccccc3)cc2N1CC. The second kappa shape index (κ2) is 10.2. The second-order valence-electron chi connectivity index (χ2n) is 9.27. The first-order chi connectivity index (χ1) is 18.2. The normalized spacial score (nSPS) is 14.7. The molecule has 37 heavy (non-hydrogen) atoms. The van der Waals surface area contributed by atoms with Gasteiger partial charge in [-0.15, -0.1) is 0 Å². The third-order valence-corrected chi connectivity index (χ3v) is 9.32. The van der Waals surface area contributed by atoms with E-state index in [-0.39, 0.29) is 0 Å². The van der Waals surface area contributed by atoms with Crippen molar-refractivity contribution in [1.29, 1.82) is 0 Å². The Bertz CT molecular complexity index is 1660. The molecule has 4 aromatic carbocycles. The molecule has 1 aliphatic heterocycles. The average Bonchev–Trinajstić information content (AvgIpc) is 3.49. The molecule has 4 heteroatoms. The van der Waals surface area contributed by atoms with Crippen LogP contribution in [0.1, 0.15) is 32.2 Å². The number of hydrogen-bond acceptors (Lipinski definition) is 3. The molecule has 0 fully saturated rings. The number of hydrogen-bond donors (Lipinski definition) is 0. The molecule has 2 heterocycles. The van der Waals surface area contributed by atoms with Crippen LogP contribution in [0.5, 0.6) is 0 Å². The Balaban J connectivity index is 1.39. The standard InChI is InChI=1S/C33H31N2S2/c1-4-23(21-32-35(6-3)33-27-15-11-10-14-25(27)16-19-30(33)37-32)20-31-34(5-2)28-22-26(17-18-29(28)36-31)24-12-8-7-9-13-24/h7-22H,4-6H2,1-3H3/q+1. The summed E-state index contributed by atoms with van der Waals surface area (Å²) in [6, 6.07) is 30.8. The minimum Gasteiger partial charge on any atom is -0.335 e. The van der Waals surface area contributed by atoms with Gasteiger partial charge in [-0.05, 0) is 72.7 Å². The van der Waals surface area contributed by atoms with Crippen LogP contribution in [-0.4, -0.2) is 6.54 Å². The van der Waals surface area contributed by atoms with Crippen LogP contribution in [0.2, 0.25) is 0 Å². The number of aryl methyl sites for hydroxylation is 1. The maximum atomic E-state index is 2.48. The lowest BCUT2D eigenvalue weighted by Gasteiger charge is -2.19. The van der Waals surface area contributed by atoms with E-state index in [1.54, 1.807) is 0 Å². The number of anilines is 1. The summed E-state index contributed by atoms with van der Waals surface area (Å²) in [5, 5.41) is 5.27. The third kappa shape index (κ3) is 4.39. The van der Waals surface area contributed by atoms with Crippen molar-refractivity contribution in [3.05, 3.63) is 107 Å². The highest BCUT2D eigenvalue weighted by atomic mass is 32.2. The number of benzene rings is 4. The first kappa shape index (κ1) is 24.0. The van der Waals surface area contributed by atoms with Gasteiger partial charge in [-0.2, -0.15) is 4.57 Å². The van der Waals surface area contributed by atoms with E-state index in [0.717, 1.165) is 19.5 Å². The molecule has 0 saturated carbocycles. The maximum Gasteiger partial charge on any atom is 0.263 e. The van der Waals surface area contributed by atoms with Gasteiger partial charge in [-0.1, -0.05) is 90.7 Å². The smallest absolute Gasteiger partial charge is 0.263 e. The zero-order valence-electron chi connectivity index (χ0n) is 21.6. The Morgan fingerprint density at radius 1 is 0.865 bits per heavy atom. The molecule has 0 unspecified atom stereocenters. The van der Waals surface area contributed by atoms with Crippen LogP contribution >= 0.6 is 23.1 Å². The summed E-state index contributed by atoms with van der Waals surface area (Å²) in [6.07, 6.45) is 5.80. The van der Waals surface area contributed by atoms with Gasteiger partial charge in [0.15, 0.2) is 0 Å². The summed E-state index contributed by atoms with van der Waals surface area (Å²) in [6.45, 7) is 8.67. The van der Waals surface area contributed by atoms with Crippen LogP contribution in [0, 0.1) is 0 Å². The summed E-state index contributed by atoms with van der Waals surface area (Å²) in [7, 11) is 0. The van der Waals surface area contributed by atoms with Gasteiger partial charge in [0, 0.05) is 17.5 Å². The van der Waals surface area contributed by atoms with E-state index in [0.29, 0.717) is 0 Å². The van der Waals surface area contributed by atoms with Crippen LogP contribution < -0.4 is 9.47 Å². The topological polar surface area (TPSA) is 7.12 Å². The number of allylic oxidation sites excluding steroid dienone is 2. The van der Waals surface area contributed by atoms with Crippen molar-refractivity contribution < 1.29 is 4.57 Å². The van der Waals surface area contributed by atoms with Crippen molar-refractivity contribution in [2.24, 2.45) is 0 Å². The minimum absolute atomic E-state index is 0.949. The number of fused-ring (bicyclic) bond motifs is 4. The zero-order chi connectivity index (χ0) is 25.4. The first-order valence-corrected chi connectivity index (χ1v) is 14.7. The summed E-state index contributed by atoms with van der Waals surface area (Å²) >= 11 is 3.78. The third-order valence-electron chi connectivity index (χ3n) is 7.11. The van der Waals surface area contributed by atoms with Gasteiger partial charge in [0.1, 0.15) is 11.2 Å². The Labute approximate surface area is 227 Å². The molecule has 0 spiro atoms. The van der Waals surface area contributed by atoms with Gasteiger partial charge >= 0.3 is 0 Å².